The predicted molar refractivity (Wildman–Crippen MR) is 299 cm³/mol. The number of imide groups is 1. The van der Waals surface area contributed by atoms with Gasteiger partial charge >= 0.3 is 0 Å². The number of carbonyl (C=O) groups is 9. The second-order valence-corrected chi connectivity index (χ2v) is 22.6. The molecule has 1 aromatic heterocycles. The zero-order valence-corrected chi connectivity index (χ0v) is 45.8. The van der Waals surface area contributed by atoms with Crippen molar-refractivity contribution < 1.29 is 51.9 Å². The van der Waals surface area contributed by atoms with Crippen molar-refractivity contribution in [3.63, 3.8) is 0 Å². The highest BCUT2D eigenvalue weighted by Gasteiger charge is 2.47. The van der Waals surface area contributed by atoms with Crippen LogP contribution in [-0.4, -0.2) is 99.1 Å². The van der Waals surface area contributed by atoms with Crippen molar-refractivity contribution in [2.24, 2.45) is 5.73 Å². The van der Waals surface area contributed by atoms with Crippen molar-refractivity contribution in [2.75, 3.05) is 0 Å². The van der Waals surface area contributed by atoms with Gasteiger partial charge in [0.1, 0.15) is 18.1 Å². The minimum Gasteiger partial charge on any atom is -0.370 e. The third kappa shape index (κ3) is 13.9. The van der Waals surface area contributed by atoms with E-state index in [4.69, 9.17) is 5.73 Å². The van der Waals surface area contributed by atoms with Gasteiger partial charge < -0.3 is 31.5 Å². The molecule has 16 nitrogen and oxygen atoms in total. The van der Waals surface area contributed by atoms with Crippen molar-refractivity contribution in [1.29, 1.82) is 0 Å². The van der Waals surface area contributed by atoms with Crippen molar-refractivity contribution in [2.45, 2.75) is 158 Å². The Morgan fingerprint density at radius 1 is 0.827 bits per heavy atom. The molecule has 0 spiro atoms. The van der Waals surface area contributed by atoms with Gasteiger partial charge in [-0.25, -0.2) is 8.78 Å². The standard InChI is InChI=1S/C62H65F2N7O9S/c1-62(63,64)41-22-29-52-40(32-41)33-53(81-52)59(78)68-48-25-23-42(66-55(74)21-12-4-2-3-7-18-39-19-13-20-44-46(39)36-70(60(44)79)49-28-31-56(75)69-57(49)76)34-43-24-27-50(71(43)61(48)80)58(77)67-47(26-30-54(65)73)51(72)35-45(37-14-8-5-9-15-37)38-16-10-6-11-17-38/h5-6,8-11,13-17,19-20,22,29,32-33,42-43,45,47-50H,2-4,12,21,23-28,30-31,34-36H2,1H3,(H2,65,73)(H,66,74)(H,67,77)(H,68,78)(H,69,75,76)/t42-,43+,47-,48-,49?,50-/m0/s1. The van der Waals surface area contributed by atoms with Gasteiger partial charge in [-0.3, -0.25) is 48.5 Å². The van der Waals surface area contributed by atoms with E-state index in [-0.39, 0.29) is 97.8 Å². The molecule has 81 heavy (non-hydrogen) atoms. The summed E-state index contributed by atoms with van der Waals surface area (Å²) in [6.07, 6.45) is 4.17. The second kappa shape index (κ2) is 25.6. The number of unbranched alkanes of at least 4 members (excludes halogenated alkanes) is 3. The maximum absolute atomic E-state index is 14.9. The number of alkyl halides is 2. The SMILES string of the molecule is CC(F)(F)c1ccc2sc(C(=O)N[C@H]3CC[C@H](NC(=O)CCCCCC#Cc4cccc5c4CN(C4CCC(=O)NC4=O)C5=O)C[C@H]4CC[C@@H](C(=O)N[C@@H](CCC(N)=O)C(=O)CC(c5ccccc5)c5ccccc5)N4C3=O)cc2c1. The molecule has 6 atom stereocenters. The second-order valence-electron chi connectivity index (χ2n) is 21.6. The lowest BCUT2D eigenvalue weighted by Gasteiger charge is -2.38. The highest BCUT2D eigenvalue weighted by molar-refractivity contribution is 7.20. The monoisotopic (exact) mass is 1120 g/mol. The number of amides is 8. The molecule has 9 rings (SSSR count). The third-order valence-corrected chi connectivity index (χ3v) is 17.0. The summed E-state index contributed by atoms with van der Waals surface area (Å²) in [7, 11) is 0. The number of benzene rings is 4. The number of ketones is 1. The van der Waals surface area contributed by atoms with Crippen LogP contribution in [0, 0.1) is 11.8 Å². The third-order valence-electron chi connectivity index (χ3n) is 15.8. The van der Waals surface area contributed by atoms with Gasteiger partial charge in [-0.05, 0) is 110 Å². The van der Waals surface area contributed by atoms with Crippen LogP contribution in [0.25, 0.3) is 10.1 Å². The number of fused-ring (bicyclic) bond motifs is 3. The highest BCUT2D eigenvalue weighted by Crippen LogP contribution is 2.36. The van der Waals surface area contributed by atoms with Crippen LogP contribution < -0.4 is 27.0 Å². The van der Waals surface area contributed by atoms with Gasteiger partial charge in [0.05, 0.1) is 10.9 Å². The first-order valence-electron chi connectivity index (χ1n) is 27.7. The minimum absolute atomic E-state index is 0.00693. The molecule has 4 aliphatic rings. The van der Waals surface area contributed by atoms with E-state index in [1.54, 1.807) is 12.1 Å². The number of primary amides is 1. The van der Waals surface area contributed by atoms with Gasteiger partial charge in [0, 0.05) is 85.0 Å². The molecular formula is C62H65F2N7O9S. The topological polar surface area (TPSA) is 234 Å². The molecule has 0 saturated carbocycles. The summed E-state index contributed by atoms with van der Waals surface area (Å²) >= 11 is 1.09. The number of carbonyl (C=O) groups excluding carboxylic acids is 9. The molecule has 0 aliphatic carbocycles. The van der Waals surface area contributed by atoms with Crippen molar-refractivity contribution >= 4 is 74.5 Å². The minimum atomic E-state index is -3.11. The van der Waals surface area contributed by atoms with E-state index >= 15 is 0 Å². The van der Waals surface area contributed by atoms with Crippen LogP contribution in [-0.2, 0) is 46.0 Å². The maximum Gasteiger partial charge on any atom is 0.270 e. The van der Waals surface area contributed by atoms with Crippen LogP contribution in [0.4, 0.5) is 8.78 Å². The van der Waals surface area contributed by atoms with E-state index < -0.39 is 71.7 Å². The first-order chi connectivity index (χ1) is 38.9. The first-order valence-corrected chi connectivity index (χ1v) is 28.5. The number of hydrogen-bond donors (Lipinski definition) is 5. The van der Waals surface area contributed by atoms with Gasteiger partial charge in [0.2, 0.25) is 35.4 Å². The molecule has 0 radical (unpaired) electrons. The van der Waals surface area contributed by atoms with E-state index in [0.29, 0.717) is 66.2 Å². The number of piperidine rings is 1. The summed E-state index contributed by atoms with van der Waals surface area (Å²) in [4.78, 5) is 124. The summed E-state index contributed by atoms with van der Waals surface area (Å²) in [5, 5.41) is 11.7. The average molecular weight is 1120 g/mol. The zero-order valence-electron chi connectivity index (χ0n) is 45.0. The molecule has 8 amide bonds. The Morgan fingerprint density at radius 2 is 1.57 bits per heavy atom. The number of nitrogens with two attached hydrogens (primary N) is 1. The van der Waals surface area contributed by atoms with Crippen LogP contribution in [0.2, 0.25) is 0 Å². The number of thiophene rings is 1. The van der Waals surface area contributed by atoms with Gasteiger partial charge in [-0.2, -0.15) is 0 Å². The molecule has 4 aliphatic heterocycles. The number of Topliss-reactive ketones (excluding diaryl/α,β-unsaturated/α-hetero) is 1. The fourth-order valence-corrected chi connectivity index (χ4v) is 12.5. The largest absolute Gasteiger partial charge is 0.370 e. The van der Waals surface area contributed by atoms with E-state index in [0.717, 1.165) is 35.0 Å². The van der Waals surface area contributed by atoms with Crippen molar-refractivity contribution in [3.05, 3.63) is 141 Å². The quantitative estimate of drug-likeness (QED) is 0.0296. The molecule has 5 heterocycles. The lowest BCUT2D eigenvalue weighted by molar-refractivity contribution is -0.143. The number of halogens is 2. The Bertz CT molecular complexity index is 3260. The number of hydrogen-bond acceptors (Lipinski definition) is 10. The summed E-state index contributed by atoms with van der Waals surface area (Å²) < 4.78 is 29.1. The molecule has 6 N–H and O–H groups in total. The molecule has 3 fully saturated rings. The number of nitrogens with one attached hydrogen (secondary N) is 4. The lowest BCUT2D eigenvalue weighted by Crippen LogP contribution is -2.59. The molecule has 422 valence electrons. The van der Waals surface area contributed by atoms with E-state index in [1.165, 1.54) is 34.1 Å². The van der Waals surface area contributed by atoms with Crippen molar-refractivity contribution in [1.82, 2.24) is 31.1 Å². The van der Waals surface area contributed by atoms with Crippen LogP contribution in [0.5, 0.6) is 0 Å². The predicted octanol–water partition coefficient (Wildman–Crippen LogP) is 7.44. The molecular weight excluding hydrogens is 1060 g/mol. The Morgan fingerprint density at radius 3 is 2.27 bits per heavy atom. The molecule has 1 unspecified atom stereocenters. The fraction of sp³-hybridized carbons (Fsp3) is 0.403. The average Bonchev–Trinajstić information content (AvgIpc) is 4.40. The van der Waals surface area contributed by atoms with Crippen LogP contribution in [0.3, 0.4) is 0 Å². The molecule has 0 bridgehead atoms. The smallest absolute Gasteiger partial charge is 0.270 e. The van der Waals surface area contributed by atoms with Gasteiger partial charge in [-0.1, -0.05) is 91.1 Å². The number of rotatable bonds is 20. The van der Waals surface area contributed by atoms with Gasteiger partial charge in [0.25, 0.3) is 17.7 Å². The molecule has 3 saturated heterocycles. The van der Waals surface area contributed by atoms with Gasteiger partial charge in [0.15, 0.2) is 5.78 Å². The van der Waals surface area contributed by atoms with Gasteiger partial charge in [-0.15, -0.1) is 11.3 Å². The van der Waals surface area contributed by atoms with Crippen LogP contribution >= 0.6 is 11.3 Å². The van der Waals surface area contributed by atoms with Crippen LogP contribution in [0.15, 0.2) is 103 Å². The van der Waals surface area contributed by atoms with E-state index in [9.17, 15) is 51.9 Å². The first kappa shape index (κ1) is 57.6. The zero-order chi connectivity index (χ0) is 57.4. The Kier molecular flexibility index (Phi) is 18.2. The van der Waals surface area contributed by atoms with E-state index in [2.05, 4.69) is 33.1 Å². The van der Waals surface area contributed by atoms with Crippen molar-refractivity contribution in [3.8, 4) is 11.8 Å². The number of nitrogens with zero attached hydrogens (tertiary/aromatic N) is 2. The maximum atomic E-state index is 14.9. The summed E-state index contributed by atoms with van der Waals surface area (Å²) in [6.45, 7) is 1.01. The normalized spacial score (nSPS) is 20.3. The Balaban J connectivity index is 0.861. The van der Waals surface area contributed by atoms with Crippen LogP contribution in [0.1, 0.15) is 157 Å². The highest BCUT2D eigenvalue weighted by atomic mass is 32.1. The molecule has 5 aromatic rings. The molecule has 4 aromatic carbocycles. The summed E-state index contributed by atoms with van der Waals surface area (Å²) in [6, 6.07) is 24.9. The Hall–Kier alpha value is -8.11. The summed E-state index contributed by atoms with van der Waals surface area (Å²) in [5.74, 6) is -1.12. The summed E-state index contributed by atoms with van der Waals surface area (Å²) in [5.41, 5.74) is 9.06. The fourth-order valence-electron chi connectivity index (χ4n) is 11.6. The molecule has 19 heteroatoms. The lowest BCUT2D eigenvalue weighted by atomic mass is 9.85. The van der Waals surface area contributed by atoms with E-state index in [1.807, 2.05) is 66.7 Å². The Labute approximate surface area is 472 Å².